The van der Waals surface area contributed by atoms with E-state index in [0.29, 0.717) is 43.0 Å². The molecule has 1 saturated heterocycles. The van der Waals surface area contributed by atoms with Gasteiger partial charge in [-0.1, -0.05) is 0 Å². The number of nitrogens with zero attached hydrogens (tertiary/aromatic N) is 4. The molecule has 0 unspecified atom stereocenters. The highest BCUT2D eigenvalue weighted by molar-refractivity contribution is 5.94. The van der Waals surface area contributed by atoms with Crippen molar-refractivity contribution >= 4 is 11.6 Å². The van der Waals surface area contributed by atoms with Crippen molar-refractivity contribution < 1.29 is 9.18 Å². The molecular formula is C17H15FN4O. The Hall–Kier alpha value is -2.94. The summed E-state index contributed by atoms with van der Waals surface area (Å²) in [5.41, 5.74) is 1.33. The van der Waals surface area contributed by atoms with Crippen molar-refractivity contribution in [1.29, 1.82) is 5.26 Å². The quantitative estimate of drug-likeness (QED) is 0.852. The van der Waals surface area contributed by atoms with Crippen LogP contribution in [0.4, 0.5) is 10.1 Å². The molecule has 1 amide bonds. The number of piperazine rings is 1. The van der Waals surface area contributed by atoms with Crippen LogP contribution in [0.1, 0.15) is 15.9 Å². The third kappa shape index (κ3) is 3.14. The van der Waals surface area contributed by atoms with Gasteiger partial charge in [0, 0.05) is 38.6 Å². The summed E-state index contributed by atoms with van der Waals surface area (Å²) in [6, 6.07) is 9.85. The minimum absolute atomic E-state index is 0.0574. The van der Waals surface area contributed by atoms with Gasteiger partial charge in [-0.15, -0.1) is 0 Å². The van der Waals surface area contributed by atoms with Gasteiger partial charge in [0.25, 0.3) is 5.91 Å². The maximum absolute atomic E-state index is 14.1. The van der Waals surface area contributed by atoms with Gasteiger partial charge in [0.1, 0.15) is 5.82 Å². The second kappa shape index (κ2) is 6.44. The van der Waals surface area contributed by atoms with Crippen LogP contribution in [0, 0.1) is 17.1 Å². The number of carbonyl (C=O) groups excluding carboxylic acids is 1. The third-order valence-electron chi connectivity index (χ3n) is 3.89. The van der Waals surface area contributed by atoms with Gasteiger partial charge in [-0.3, -0.25) is 9.78 Å². The number of amides is 1. The molecule has 1 aliphatic rings. The molecule has 0 spiro atoms. The summed E-state index contributed by atoms with van der Waals surface area (Å²) in [5.74, 6) is -0.464. The highest BCUT2D eigenvalue weighted by atomic mass is 19.1. The predicted octanol–water partition coefficient (Wildman–Crippen LogP) is 2.05. The van der Waals surface area contributed by atoms with Crippen LogP contribution in [0.2, 0.25) is 0 Å². The predicted molar refractivity (Wildman–Crippen MR) is 83.5 cm³/mol. The molecule has 0 saturated carbocycles. The maximum atomic E-state index is 14.1. The van der Waals surface area contributed by atoms with Crippen molar-refractivity contribution in [2.75, 3.05) is 31.1 Å². The number of pyridine rings is 1. The summed E-state index contributed by atoms with van der Waals surface area (Å²) < 4.78 is 14.1. The molecule has 6 heteroatoms. The number of hydrogen-bond donors (Lipinski definition) is 0. The molecule has 1 aromatic carbocycles. The molecular weight excluding hydrogens is 295 g/mol. The number of carbonyl (C=O) groups is 1. The van der Waals surface area contributed by atoms with Crippen molar-refractivity contribution in [3.63, 3.8) is 0 Å². The molecule has 5 nitrogen and oxygen atoms in total. The normalized spacial score (nSPS) is 14.4. The van der Waals surface area contributed by atoms with E-state index in [2.05, 4.69) is 4.98 Å². The molecule has 1 aromatic heterocycles. The molecule has 3 rings (SSSR count). The van der Waals surface area contributed by atoms with E-state index in [1.807, 2.05) is 11.0 Å². The Morgan fingerprint density at radius 3 is 2.61 bits per heavy atom. The van der Waals surface area contributed by atoms with Gasteiger partial charge >= 0.3 is 0 Å². The Balaban J connectivity index is 1.67. The van der Waals surface area contributed by atoms with Crippen LogP contribution in [0.25, 0.3) is 0 Å². The average Bonchev–Trinajstić information content (AvgIpc) is 2.62. The monoisotopic (exact) mass is 310 g/mol. The third-order valence-corrected chi connectivity index (χ3v) is 3.89. The molecule has 0 bridgehead atoms. The highest BCUT2D eigenvalue weighted by Crippen LogP contribution is 2.22. The van der Waals surface area contributed by atoms with Gasteiger partial charge in [-0.2, -0.15) is 5.26 Å². The van der Waals surface area contributed by atoms with Crippen molar-refractivity contribution in [1.82, 2.24) is 9.88 Å². The Labute approximate surface area is 133 Å². The molecule has 0 atom stereocenters. The van der Waals surface area contributed by atoms with Gasteiger partial charge in [0.05, 0.1) is 22.9 Å². The zero-order chi connectivity index (χ0) is 16.2. The number of aromatic nitrogens is 1. The van der Waals surface area contributed by atoms with E-state index in [0.717, 1.165) is 0 Å². The lowest BCUT2D eigenvalue weighted by atomic mass is 10.1. The van der Waals surface area contributed by atoms with Crippen LogP contribution in [-0.4, -0.2) is 42.0 Å². The lowest BCUT2D eigenvalue weighted by Crippen LogP contribution is -2.49. The number of rotatable bonds is 2. The van der Waals surface area contributed by atoms with Gasteiger partial charge < -0.3 is 9.80 Å². The Morgan fingerprint density at radius 2 is 2.00 bits per heavy atom. The molecule has 0 aliphatic carbocycles. The fourth-order valence-electron chi connectivity index (χ4n) is 2.66. The molecule has 0 radical (unpaired) electrons. The first-order valence-electron chi connectivity index (χ1n) is 7.33. The van der Waals surface area contributed by atoms with E-state index < -0.39 is 5.82 Å². The fourth-order valence-corrected chi connectivity index (χ4v) is 2.66. The first-order chi connectivity index (χ1) is 11.2. The smallest absolute Gasteiger partial charge is 0.255 e. The Morgan fingerprint density at radius 1 is 1.22 bits per heavy atom. The van der Waals surface area contributed by atoms with E-state index in [-0.39, 0.29) is 5.91 Å². The molecule has 23 heavy (non-hydrogen) atoms. The van der Waals surface area contributed by atoms with Crippen LogP contribution in [-0.2, 0) is 0 Å². The first kappa shape index (κ1) is 15.0. The second-order valence-electron chi connectivity index (χ2n) is 5.30. The fraction of sp³-hybridized carbons (Fsp3) is 0.235. The number of halogens is 1. The second-order valence-corrected chi connectivity index (χ2v) is 5.30. The van der Waals surface area contributed by atoms with Crippen LogP contribution in [0.3, 0.4) is 0 Å². The van der Waals surface area contributed by atoms with Gasteiger partial charge in [0.2, 0.25) is 0 Å². The van der Waals surface area contributed by atoms with Crippen molar-refractivity contribution in [2.24, 2.45) is 0 Å². The minimum Gasteiger partial charge on any atom is -0.366 e. The summed E-state index contributed by atoms with van der Waals surface area (Å²) in [6.07, 6.45) is 3.18. The summed E-state index contributed by atoms with van der Waals surface area (Å²) in [4.78, 5) is 19.9. The average molecular weight is 310 g/mol. The minimum atomic E-state index is -0.406. The summed E-state index contributed by atoms with van der Waals surface area (Å²) in [5, 5.41) is 8.79. The molecule has 1 aliphatic heterocycles. The summed E-state index contributed by atoms with van der Waals surface area (Å²) in [6.45, 7) is 2.14. The summed E-state index contributed by atoms with van der Waals surface area (Å²) in [7, 11) is 0. The Kier molecular flexibility index (Phi) is 4.20. The first-order valence-corrected chi connectivity index (χ1v) is 7.33. The molecule has 1 fully saturated rings. The number of anilines is 1. The van der Waals surface area contributed by atoms with E-state index >= 15 is 0 Å². The number of nitriles is 1. The van der Waals surface area contributed by atoms with Crippen molar-refractivity contribution in [3.8, 4) is 6.07 Å². The van der Waals surface area contributed by atoms with Gasteiger partial charge in [0.15, 0.2) is 0 Å². The standard InChI is InChI=1S/C17H15FN4O/c18-15-10-13(11-19)3-4-16(15)21-6-8-22(9-7-21)17(23)14-2-1-5-20-12-14/h1-5,10,12H,6-9H2. The van der Waals surface area contributed by atoms with Crippen LogP contribution < -0.4 is 4.90 Å². The van der Waals surface area contributed by atoms with Gasteiger partial charge in [-0.05, 0) is 30.3 Å². The molecule has 116 valence electrons. The van der Waals surface area contributed by atoms with E-state index in [1.54, 1.807) is 41.6 Å². The van der Waals surface area contributed by atoms with E-state index in [4.69, 9.17) is 5.26 Å². The van der Waals surface area contributed by atoms with Crippen LogP contribution in [0.5, 0.6) is 0 Å². The van der Waals surface area contributed by atoms with Crippen LogP contribution >= 0.6 is 0 Å². The van der Waals surface area contributed by atoms with Gasteiger partial charge in [-0.25, -0.2) is 4.39 Å². The lowest BCUT2D eigenvalue weighted by molar-refractivity contribution is 0.0746. The topological polar surface area (TPSA) is 60.2 Å². The summed E-state index contributed by atoms with van der Waals surface area (Å²) >= 11 is 0. The highest BCUT2D eigenvalue weighted by Gasteiger charge is 2.23. The zero-order valence-electron chi connectivity index (χ0n) is 12.4. The maximum Gasteiger partial charge on any atom is 0.255 e. The molecule has 2 aromatic rings. The zero-order valence-corrected chi connectivity index (χ0v) is 12.4. The SMILES string of the molecule is N#Cc1ccc(N2CCN(C(=O)c3cccnc3)CC2)c(F)c1. The van der Waals surface area contributed by atoms with E-state index in [9.17, 15) is 9.18 Å². The lowest BCUT2D eigenvalue weighted by Gasteiger charge is -2.36. The number of hydrogen-bond acceptors (Lipinski definition) is 4. The molecule has 0 N–H and O–H groups in total. The van der Waals surface area contributed by atoms with E-state index in [1.165, 1.54) is 6.07 Å². The Bertz CT molecular complexity index is 749. The van der Waals surface area contributed by atoms with Crippen LogP contribution in [0.15, 0.2) is 42.7 Å². The number of benzene rings is 1. The van der Waals surface area contributed by atoms with Crippen molar-refractivity contribution in [3.05, 3.63) is 59.7 Å². The largest absolute Gasteiger partial charge is 0.366 e. The van der Waals surface area contributed by atoms with Crippen molar-refractivity contribution in [2.45, 2.75) is 0 Å². The molecule has 2 heterocycles.